The number of allylic oxidation sites excluding steroid dienone is 6. The quantitative estimate of drug-likeness (QED) is 0.0261. The fourth-order valence-corrected chi connectivity index (χ4v) is 10.4. The van der Waals surface area contributed by atoms with E-state index >= 15 is 0 Å². The summed E-state index contributed by atoms with van der Waals surface area (Å²) in [6.45, 7) is 6.69. The Morgan fingerprint density at radius 2 is 0.468 bits per heavy atom. The molecule has 0 aromatic heterocycles. The summed E-state index contributed by atoms with van der Waals surface area (Å²) in [5.41, 5.74) is 0. The van der Waals surface area contributed by atoms with E-state index in [0.29, 0.717) is 19.3 Å². The maximum Gasteiger partial charge on any atom is 0.306 e. The van der Waals surface area contributed by atoms with Crippen molar-refractivity contribution in [1.29, 1.82) is 0 Å². The number of hydrogen-bond donors (Lipinski definition) is 0. The minimum atomic E-state index is -0.773. The molecule has 0 rings (SSSR count). The minimum Gasteiger partial charge on any atom is -0.462 e. The molecule has 6 heteroatoms. The van der Waals surface area contributed by atoms with E-state index in [0.717, 1.165) is 64.2 Å². The van der Waals surface area contributed by atoms with Gasteiger partial charge in [0.1, 0.15) is 13.2 Å². The van der Waals surface area contributed by atoms with Gasteiger partial charge in [0, 0.05) is 19.3 Å². The minimum absolute atomic E-state index is 0.0688. The third-order valence-corrected chi connectivity index (χ3v) is 15.6. The lowest BCUT2D eigenvalue weighted by atomic mass is 10.0. The third kappa shape index (κ3) is 64.3. The summed E-state index contributed by atoms with van der Waals surface area (Å²) in [4.78, 5) is 38.4. The first-order valence-corrected chi connectivity index (χ1v) is 34.5. The van der Waals surface area contributed by atoms with Crippen molar-refractivity contribution < 1.29 is 28.6 Å². The Kier molecular flexibility index (Phi) is 64.1. The molecule has 0 radical (unpaired) electrons. The van der Waals surface area contributed by atoms with Crippen LogP contribution in [0.2, 0.25) is 0 Å². The zero-order valence-electron chi connectivity index (χ0n) is 52.0. The monoisotopic (exact) mass is 1080 g/mol. The van der Waals surface area contributed by atoms with Crippen LogP contribution in [0, 0.1) is 0 Å². The number of carbonyl (C=O) groups excluding carboxylic acids is 3. The van der Waals surface area contributed by atoms with Gasteiger partial charge in [0.25, 0.3) is 0 Å². The molecule has 0 heterocycles. The van der Waals surface area contributed by atoms with Gasteiger partial charge < -0.3 is 14.2 Å². The van der Waals surface area contributed by atoms with Gasteiger partial charge in [-0.15, -0.1) is 0 Å². The Hall–Kier alpha value is -2.37. The number of unbranched alkanes of at least 4 members (excludes halogenated alkanes) is 47. The lowest BCUT2D eigenvalue weighted by Crippen LogP contribution is -2.30. The van der Waals surface area contributed by atoms with Gasteiger partial charge in [-0.05, 0) is 77.0 Å². The number of rotatable bonds is 64. The SMILES string of the molecule is CCCCCCC/C=C\C/C=C\CCCCCCCCCCCCCCCC(=O)OCC(COC(=O)CCCCCCCCCCCCCCCCCCC)OC(=O)CCCCCCCCC/C=C\CCCCCCCC. The molecular weight excluding hydrogens is 949 g/mol. The predicted octanol–water partition coefficient (Wildman–Crippen LogP) is 23.6. The molecule has 0 amide bonds. The maximum absolute atomic E-state index is 12.9. The first kappa shape index (κ1) is 74.6. The van der Waals surface area contributed by atoms with Crippen LogP contribution in [0.5, 0.6) is 0 Å². The molecule has 0 N–H and O–H groups in total. The molecule has 1 unspecified atom stereocenters. The predicted molar refractivity (Wildman–Crippen MR) is 335 cm³/mol. The van der Waals surface area contributed by atoms with Gasteiger partial charge in [0.15, 0.2) is 6.10 Å². The Morgan fingerprint density at radius 3 is 0.727 bits per heavy atom. The van der Waals surface area contributed by atoms with Crippen LogP contribution < -0.4 is 0 Å². The molecule has 0 saturated heterocycles. The van der Waals surface area contributed by atoms with Crippen molar-refractivity contribution in [2.45, 2.75) is 386 Å². The summed E-state index contributed by atoms with van der Waals surface area (Å²) in [6.07, 6.45) is 81.6. The molecular formula is C71H132O6. The summed E-state index contributed by atoms with van der Waals surface area (Å²) in [7, 11) is 0. The number of hydrogen-bond acceptors (Lipinski definition) is 6. The second kappa shape index (κ2) is 66.1. The van der Waals surface area contributed by atoms with Crippen LogP contribution in [-0.4, -0.2) is 37.2 Å². The molecule has 6 nitrogen and oxygen atoms in total. The highest BCUT2D eigenvalue weighted by Gasteiger charge is 2.19. The van der Waals surface area contributed by atoms with Gasteiger partial charge in [-0.1, -0.05) is 320 Å². The average Bonchev–Trinajstić information content (AvgIpc) is 3.43. The molecule has 0 spiro atoms. The molecule has 0 aromatic carbocycles. The Balaban J connectivity index is 4.28. The molecule has 0 fully saturated rings. The second-order valence-electron chi connectivity index (χ2n) is 23.4. The van der Waals surface area contributed by atoms with Gasteiger partial charge in [-0.25, -0.2) is 0 Å². The first-order valence-electron chi connectivity index (χ1n) is 34.5. The molecule has 0 aliphatic carbocycles. The van der Waals surface area contributed by atoms with Gasteiger partial charge in [-0.2, -0.15) is 0 Å². The first-order chi connectivity index (χ1) is 38.0. The summed E-state index contributed by atoms with van der Waals surface area (Å²) >= 11 is 0. The molecule has 452 valence electrons. The number of carbonyl (C=O) groups is 3. The van der Waals surface area contributed by atoms with E-state index < -0.39 is 6.10 Å². The van der Waals surface area contributed by atoms with Crippen LogP contribution in [0.3, 0.4) is 0 Å². The molecule has 0 aliphatic heterocycles. The zero-order chi connectivity index (χ0) is 55.7. The van der Waals surface area contributed by atoms with Crippen molar-refractivity contribution in [1.82, 2.24) is 0 Å². The van der Waals surface area contributed by atoms with Gasteiger partial charge in [0.2, 0.25) is 0 Å². The highest BCUT2D eigenvalue weighted by atomic mass is 16.6. The fraction of sp³-hybridized carbons (Fsp3) is 0.873. The fourth-order valence-electron chi connectivity index (χ4n) is 10.4. The van der Waals surface area contributed by atoms with Crippen molar-refractivity contribution in [3.63, 3.8) is 0 Å². The van der Waals surface area contributed by atoms with E-state index in [2.05, 4.69) is 57.2 Å². The van der Waals surface area contributed by atoms with Crippen LogP contribution in [0.1, 0.15) is 380 Å². The average molecular weight is 1080 g/mol. The maximum atomic E-state index is 12.9. The highest BCUT2D eigenvalue weighted by Crippen LogP contribution is 2.18. The second-order valence-corrected chi connectivity index (χ2v) is 23.4. The van der Waals surface area contributed by atoms with Gasteiger partial charge in [-0.3, -0.25) is 14.4 Å². The molecule has 0 aliphatic rings. The molecule has 77 heavy (non-hydrogen) atoms. The van der Waals surface area contributed by atoms with E-state index in [-0.39, 0.29) is 31.1 Å². The van der Waals surface area contributed by atoms with Crippen molar-refractivity contribution >= 4 is 17.9 Å². The largest absolute Gasteiger partial charge is 0.462 e. The lowest BCUT2D eigenvalue weighted by molar-refractivity contribution is -0.167. The number of esters is 3. The van der Waals surface area contributed by atoms with Crippen LogP contribution in [0.15, 0.2) is 36.5 Å². The third-order valence-electron chi connectivity index (χ3n) is 15.6. The highest BCUT2D eigenvalue weighted by molar-refractivity contribution is 5.71. The van der Waals surface area contributed by atoms with E-state index in [1.807, 2.05) is 0 Å². The van der Waals surface area contributed by atoms with Crippen LogP contribution in [0.25, 0.3) is 0 Å². The molecule has 1 atom stereocenters. The van der Waals surface area contributed by atoms with Crippen LogP contribution in [0.4, 0.5) is 0 Å². The Labute approximate surface area is 480 Å². The lowest BCUT2D eigenvalue weighted by Gasteiger charge is -2.18. The van der Waals surface area contributed by atoms with E-state index in [1.54, 1.807) is 0 Å². The summed E-state index contributed by atoms with van der Waals surface area (Å²) < 4.78 is 17.0. The summed E-state index contributed by atoms with van der Waals surface area (Å²) in [6, 6.07) is 0. The van der Waals surface area contributed by atoms with Crippen molar-refractivity contribution in [3.05, 3.63) is 36.5 Å². The number of ether oxygens (including phenoxy) is 3. The smallest absolute Gasteiger partial charge is 0.306 e. The Bertz CT molecular complexity index is 1290. The van der Waals surface area contributed by atoms with Gasteiger partial charge in [0.05, 0.1) is 0 Å². The van der Waals surface area contributed by atoms with Crippen molar-refractivity contribution in [3.8, 4) is 0 Å². The van der Waals surface area contributed by atoms with Crippen LogP contribution >= 0.6 is 0 Å². The molecule has 0 bridgehead atoms. The van der Waals surface area contributed by atoms with Gasteiger partial charge >= 0.3 is 17.9 Å². The van der Waals surface area contributed by atoms with E-state index in [4.69, 9.17) is 14.2 Å². The van der Waals surface area contributed by atoms with Crippen molar-refractivity contribution in [2.75, 3.05) is 13.2 Å². The topological polar surface area (TPSA) is 78.9 Å². The summed E-state index contributed by atoms with van der Waals surface area (Å²) in [5.74, 6) is -0.845. The normalized spacial score (nSPS) is 12.2. The van der Waals surface area contributed by atoms with E-state index in [9.17, 15) is 14.4 Å². The molecule has 0 aromatic rings. The summed E-state index contributed by atoms with van der Waals surface area (Å²) in [5, 5.41) is 0. The van der Waals surface area contributed by atoms with Crippen LogP contribution in [-0.2, 0) is 28.6 Å². The zero-order valence-corrected chi connectivity index (χ0v) is 52.0. The van der Waals surface area contributed by atoms with E-state index in [1.165, 1.54) is 276 Å². The molecule has 0 saturated carbocycles. The van der Waals surface area contributed by atoms with Crippen molar-refractivity contribution in [2.24, 2.45) is 0 Å². The Morgan fingerprint density at radius 1 is 0.260 bits per heavy atom. The standard InChI is InChI=1S/C71H132O6/c1-4-7-10-13-16-19-22-25-28-31-32-33-34-35-36-37-38-41-43-46-49-52-55-58-61-64-70(73)76-67-68(77-71(74)65-62-59-56-53-50-47-44-40-30-27-24-21-18-15-12-9-6-3)66-75-69(72)63-60-57-54-51-48-45-42-39-29-26-23-20-17-14-11-8-5-2/h22,25,27,30-32,68H,4-21,23-24,26,28-29,33-67H2,1-3H3/b25-22-,30-27-,32-31-.